The van der Waals surface area contributed by atoms with Gasteiger partial charge in [0, 0.05) is 23.7 Å². The molecule has 0 bridgehead atoms. The van der Waals surface area contributed by atoms with Crippen LogP contribution in [0.25, 0.3) is 5.03 Å². The van der Waals surface area contributed by atoms with Crippen LogP contribution in [0.1, 0.15) is 43.2 Å². The molecule has 110 valence electrons. The zero-order valence-corrected chi connectivity index (χ0v) is 13.4. The van der Waals surface area contributed by atoms with Crippen molar-refractivity contribution < 1.29 is 5.11 Å². The first-order valence-corrected chi connectivity index (χ1v) is 7.98. The maximum atomic E-state index is 10.0. The van der Waals surface area contributed by atoms with Crippen molar-refractivity contribution in [2.75, 3.05) is 0 Å². The van der Waals surface area contributed by atoms with E-state index >= 15 is 0 Å². The molecule has 1 saturated carbocycles. The predicted molar refractivity (Wildman–Crippen MR) is 86.3 cm³/mol. The summed E-state index contributed by atoms with van der Waals surface area (Å²) < 4.78 is 0.0104. The molecule has 0 radical (unpaired) electrons. The lowest BCUT2D eigenvalue weighted by Crippen LogP contribution is -2.30. The van der Waals surface area contributed by atoms with Gasteiger partial charge in [-0.05, 0) is 18.9 Å². The van der Waals surface area contributed by atoms with Gasteiger partial charge in [-0.25, -0.2) is 0 Å². The summed E-state index contributed by atoms with van der Waals surface area (Å²) in [6.07, 6.45) is 6.21. The summed E-state index contributed by atoms with van der Waals surface area (Å²) in [4.78, 5) is 0. The molecule has 5 heteroatoms. The lowest BCUT2D eigenvalue weighted by molar-refractivity contribution is 0.369. The number of hydrogen-bond acceptors (Lipinski definition) is 2. The normalized spacial score (nSPS) is 16.1. The zero-order chi connectivity index (χ0) is 14.5. The monoisotopic (exact) mass is 333 g/mol. The van der Waals surface area contributed by atoms with E-state index in [0.29, 0.717) is 18.2 Å². The second-order valence-electron chi connectivity index (χ2n) is 5.09. The van der Waals surface area contributed by atoms with E-state index in [1.54, 1.807) is 12.1 Å². The molecule has 2 N–H and O–H groups in total. The largest absolute Gasteiger partial charge is 0.508 e. The van der Waals surface area contributed by atoms with Gasteiger partial charge in [-0.2, -0.15) is 0 Å². The predicted octanol–water partition coefficient (Wildman–Crippen LogP) is 5.16. The summed E-state index contributed by atoms with van der Waals surface area (Å²) in [6, 6.07) is 5.69. The van der Waals surface area contributed by atoms with Gasteiger partial charge in [-0.3, -0.25) is 0 Å². The van der Waals surface area contributed by atoms with E-state index in [9.17, 15) is 5.11 Å². The Balaban J connectivity index is 2.15. The molecule has 0 aliphatic heterocycles. The molecule has 1 aromatic carbocycles. The topological polar surface area (TPSA) is 32.3 Å². The molecule has 2 rings (SSSR count). The average Bonchev–Trinajstić information content (AvgIpc) is 2.46. The van der Waals surface area contributed by atoms with Crippen molar-refractivity contribution in [2.45, 2.75) is 44.7 Å². The second-order valence-corrected chi connectivity index (χ2v) is 6.42. The van der Waals surface area contributed by atoms with E-state index in [0.717, 1.165) is 5.56 Å². The lowest BCUT2D eigenvalue weighted by atomic mass is 9.95. The molecule has 0 saturated heterocycles. The number of rotatable bonds is 4. The van der Waals surface area contributed by atoms with Crippen LogP contribution in [-0.2, 0) is 6.54 Å². The van der Waals surface area contributed by atoms with Crippen molar-refractivity contribution in [3.63, 3.8) is 0 Å². The van der Waals surface area contributed by atoms with Crippen LogP contribution in [0, 0.1) is 0 Å². The summed E-state index contributed by atoms with van der Waals surface area (Å²) >= 11 is 17.6. The minimum absolute atomic E-state index is 0.0104. The van der Waals surface area contributed by atoms with Gasteiger partial charge in [0.05, 0.1) is 5.03 Å². The first kappa shape index (κ1) is 16.0. The molecule has 0 amide bonds. The third-order valence-electron chi connectivity index (χ3n) is 3.73. The number of benzene rings is 1. The third-order valence-corrected chi connectivity index (χ3v) is 4.69. The molecule has 1 fully saturated rings. The Labute approximate surface area is 134 Å². The van der Waals surface area contributed by atoms with Crippen molar-refractivity contribution >= 4 is 39.8 Å². The molecule has 0 heterocycles. The molecule has 1 aliphatic carbocycles. The first-order chi connectivity index (χ1) is 9.59. The molecular weight excluding hydrogens is 317 g/mol. The SMILES string of the molecule is Oc1cccc(C(Cl)=C(Cl)Cl)c1CNC1CCCCC1. The van der Waals surface area contributed by atoms with Gasteiger partial charge >= 0.3 is 0 Å². The minimum atomic E-state index is 0.0104. The van der Waals surface area contributed by atoms with Crippen LogP contribution in [0.15, 0.2) is 22.7 Å². The van der Waals surface area contributed by atoms with Crippen LogP contribution in [-0.4, -0.2) is 11.1 Å². The van der Waals surface area contributed by atoms with Crippen LogP contribution in [0.2, 0.25) is 0 Å². The molecular formula is C15H18Cl3NO. The average molecular weight is 335 g/mol. The highest BCUT2D eigenvalue weighted by Crippen LogP contribution is 2.34. The third kappa shape index (κ3) is 4.05. The zero-order valence-electron chi connectivity index (χ0n) is 11.1. The molecule has 0 unspecified atom stereocenters. The van der Waals surface area contributed by atoms with E-state index in [1.165, 1.54) is 32.1 Å². The summed E-state index contributed by atoms with van der Waals surface area (Å²) in [5.41, 5.74) is 1.41. The van der Waals surface area contributed by atoms with Crippen molar-refractivity contribution in [1.82, 2.24) is 5.32 Å². The summed E-state index contributed by atoms with van der Waals surface area (Å²) in [6.45, 7) is 0.559. The summed E-state index contributed by atoms with van der Waals surface area (Å²) in [5, 5.41) is 13.8. The van der Waals surface area contributed by atoms with Crippen molar-refractivity contribution in [1.29, 1.82) is 0 Å². The number of phenols is 1. The maximum absolute atomic E-state index is 10.0. The fourth-order valence-electron chi connectivity index (χ4n) is 2.62. The number of phenolic OH excluding ortho intramolecular Hbond substituents is 1. The van der Waals surface area contributed by atoms with Gasteiger partial charge in [-0.15, -0.1) is 0 Å². The lowest BCUT2D eigenvalue weighted by Gasteiger charge is -2.23. The van der Waals surface area contributed by atoms with Gasteiger partial charge in [0.25, 0.3) is 0 Å². The highest BCUT2D eigenvalue weighted by molar-refractivity contribution is 6.66. The molecule has 2 nitrogen and oxygen atoms in total. The second kappa shape index (κ2) is 7.56. The Hall–Kier alpha value is -0.410. The quantitative estimate of drug-likeness (QED) is 0.797. The first-order valence-electron chi connectivity index (χ1n) is 6.85. The number of halogens is 3. The summed E-state index contributed by atoms with van der Waals surface area (Å²) in [7, 11) is 0. The van der Waals surface area contributed by atoms with E-state index in [-0.39, 0.29) is 15.3 Å². The highest BCUT2D eigenvalue weighted by atomic mass is 35.5. The van der Waals surface area contributed by atoms with Crippen LogP contribution in [0.3, 0.4) is 0 Å². The van der Waals surface area contributed by atoms with Crippen molar-refractivity contribution in [3.05, 3.63) is 33.8 Å². The van der Waals surface area contributed by atoms with Gasteiger partial charge in [0.2, 0.25) is 0 Å². The molecule has 0 spiro atoms. The number of aromatic hydroxyl groups is 1. The van der Waals surface area contributed by atoms with Gasteiger partial charge in [0.15, 0.2) is 0 Å². The molecule has 1 aromatic rings. The Morgan fingerprint density at radius 1 is 1.15 bits per heavy atom. The standard InChI is InChI=1S/C15H18Cl3NO/c16-14(15(17)18)11-7-4-8-13(20)12(11)9-19-10-5-2-1-3-6-10/h4,7-8,10,19-20H,1-3,5-6,9H2. The Morgan fingerprint density at radius 3 is 2.50 bits per heavy atom. The van der Waals surface area contributed by atoms with Crippen LogP contribution >= 0.6 is 34.8 Å². The Morgan fingerprint density at radius 2 is 1.85 bits per heavy atom. The van der Waals surface area contributed by atoms with Crippen molar-refractivity contribution in [2.24, 2.45) is 0 Å². The Bertz CT molecular complexity index is 492. The highest BCUT2D eigenvalue weighted by Gasteiger charge is 2.16. The Kier molecular flexibility index (Phi) is 6.03. The van der Waals surface area contributed by atoms with Gasteiger partial charge in [0.1, 0.15) is 10.2 Å². The molecule has 20 heavy (non-hydrogen) atoms. The van der Waals surface area contributed by atoms with E-state index in [1.807, 2.05) is 6.07 Å². The van der Waals surface area contributed by atoms with Crippen LogP contribution in [0.4, 0.5) is 0 Å². The number of nitrogens with one attached hydrogen (secondary N) is 1. The van der Waals surface area contributed by atoms with E-state index in [4.69, 9.17) is 34.8 Å². The molecule has 0 atom stereocenters. The molecule has 0 aromatic heterocycles. The summed E-state index contributed by atoms with van der Waals surface area (Å²) in [5.74, 6) is 0.207. The van der Waals surface area contributed by atoms with Crippen LogP contribution < -0.4 is 5.32 Å². The van der Waals surface area contributed by atoms with Crippen LogP contribution in [0.5, 0.6) is 5.75 Å². The van der Waals surface area contributed by atoms with Gasteiger partial charge in [-0.1, -0.05) is 66.2 Å². The van der Waals surface area contributed by atoms with E-state index < -0.39 is 0 Å². The van der Waals surface area contributed by atoms with Crippen molar-refractivity contribution in [3.8, 4) is 5.75 Å². The van der Waals surface area contributed by atoms with Gasteiger partial charge < -0.3 is 10.4 Å². The minimum Gasteiger partial charge on any atom is -0.508 e. The fourth-order valence-corrected chi connectivity index (χ4v) is 3.00. The molecule has 1 aliphatic rings. The maximum Gasteiger partial charge on any atom is 0.126 e. The van der Waals surface area contributed by atoms with E-state index in [2.05, 4.69) is 5.32 Å². The fraction of sp³-hybridized carbons (Fsp3) is 0.467. The number of hydrogen-bond donors (Lipinski definition) is 2. The smallest absolute Gasteiger partial charge is 0.126 e.